The van der Waals surface area contributed by atoms with Crippen molar-refractivity contribution in [1.82, 2.24) is 0 Å². The van der Waals surface area contributed by atoms with E-state index in [1.165, 1.54) is 17.0 Å². The zero-order chi connectivity index (χ0) is 17.6. The van der Waals surface area contributed by atoms with Gasteiger partial charge in [0, 0.05) is 18.8 Å². The number of carbonyl (C=O) groups is 1. The van der Waals surface area contributed by atoms with Crippen molar-refractivity contribution in [3.63, 3.8) is 0 Å². The van der Waals surface area contributed by atoms with Gasteiger partial charge in [0.25, 0.3) is 10.0 Å². The molecule has 25 heavy (non-hydrogen) atoms. The number of benzene rings is 2. The number of hydrogen-bond donors (Lipinski definition) is 1. The SMILES string of the molecule is CN1C(=O)Cc2cc(S(=O)(=O)Nc3ccc4c(c3)OCCO4)ccc21. The van der Waals surface area contributed by atoms with Gasteiger partial charge in [-0.1, -0.05) is 0 Å². The molecule has 0 unspecified atom stereocenters. The third-order valence-corrected chi connectivity index (χ3v) is 5.61. The predicted octanol–water partition coefficient (Wildman–Crippen LogP) is 1.78. The summed E-state index contributed by atoms with van der Waals surface area (Å²) in [5.74, 6) is 1.05. The van der Waals surface area contributed by atoms with Crippen molar-refractivity contribution in [2.75, 3.05) is 29.9 Å². The molecule has 2 aromatic carbocycles. The molecule has 1 N–H and O–H groups in total. The Morgan fingerprint density at radius 1 is 1.04 bits per heavy atom. The first kappa shape index (κ1) is 15.8. The zero-order valence-electron chi connectivity index (χ0n) is 13.5. The minimum Gasteiger partial charge on any atom is -0.486 e. The van der Waals surface area contributed by atoms with Gasteiger partial charge >= 0.3 is 0 Å². The van der Waals surface area contributed by atoms with Crippen molar-refractivity contribution in [1.29, 1.82) is 0 Å². The number of anilines is 2. The van der Waals surface area contributed by atoms with Gasteiger partial charge in [0.2, 0.25) is 5.91 Å². The molecule has 2 aliphatic heterocycles. The summed E-state index contributed by atoms with van der Waals surface area (Å²) in [7, 11) is -2.10. The highest BCUT2D eigenvalue weighted by molar-refractivity contribution is 7.92. The molecule has 2 aliphatic rings. The molecular weight excluding hydrogens is 344 g/mol. The minimum absolute atomic E-state index is 0.0515. The summed E-state index contributed by atoms with van der Waals surface area (Å²) < 4.78 is 38.7. The fraction of sp³-hybridized carbons (Fsp3) is 0.235. The Morgan fingerprint density at radius 3 is 2.60 bits per heavy atom. The van der Waals surface area contributed by atoms with Gasteiger partial charge in [-0.15, -0.1) is 0 Å². The molecule has 7 nitrogen and oxygen atoms in total. The molecule has 130 valence electrons. The van der Waals surface area contributed by atoms with Gasteiger partial charge in [0.15, 0.2) is 11.5 Å². The molecule has 2 aromatic rings. The van der Waals surface area contributed by atoms with Crippen LogP contribution in [0.25, 0.3) is 0 Å². The first-order chi connectivity index (χ1) is 11.9. The van der Waals surface area contributed by atoms with E-state index >= 15 is 0 Å². The fourth-order valence-electron chi connectivity index (χ4n) is 2.93. The van der Waals surface area contributed by atoms with Crippen molar-refractivity contribution in [3.8, 4) is 11.5 Å². The van der Waals surface area contributed by atoms with Gasteiger partial charge in [-0.3, -0.25) is 9.52 Å². The quantitative estimate of drug-likeness (QED) is 0.902. The number of ether oxygens (including phenoxy) is 2. The van der Waals surface area contributed by atoms with E-state index in [4.69, 9.17) is 9.47 Å². The molecule has 0 radical (unpaired) electrons. The van der Waals surface area contributed by atoms with E-state index in [1.807, 2.05) is 0 Å². The number of sulfonamides is 1. The van der Waals surface area contributed by atoms with E-state index < -0.39 is 10.0 Å². The lowest BCUT2D eigenvalue weighted by Gasteiger charge is -2.19. The number of likely N-dealkylation sites (N-methyl/N-ethyl adjacent to an activating group) is 1. The Hall–Kier alpha value is -2.74. The second-order valence-corrected chi connectivity index (χ2v) is 7.57. The van der Waals surface area contributed by atoms with E-state index in [0.29, 0.717) is 36.0 Å². The van der Waals surface area contributed by atoms with Crippen LogP contribution in [0.3, 0.4) is 0 Å². The molecule has 0 aromatic heterocycles. The highest BCUT2D eigenvalue weighted by Gasteiger charge is 2.26. The molecule has 0 aliphatic carbocycles. The lowest BCUT2D eigenvalue weighted by atomic mass is 10.2. The van der Waals surface area contributed by atoms with Crippen LogP contribution in [0.1, 0.15) is 5.56 Å². The van der Waals surface area contributed by atoms with Crippen molar-refractivity contribution in [3.05, 3.63) is 42.0 Å². The number of hydrogen-bond acceptors (Lipinski definition) is 5. The summed E-state index contributed by atoms with van der Waals surface area (Å²) in [5, 5.41) is 0. The summed E-state index contributed by atoms with van der Waals surface area (Å²) in [4.78, 5) is 13.4. The average Bonchev–Trinajstić information content (AvgIpc) is 2.88. The Morgan fingerprint density at radius 2 is 1.80 bits per heavy atom. The van der Waals surface area contributed by atoms with Crippen LogP contribution in [0.4, 0.5) is 11.4 Å². The first-order valence-electron chi connectivity index (χ1n) is 7.76. The van der Waals surface area contributed by atoms with E-state index in [2.05, 4.69) is 4.72 Å². The highest BCUT2D eigenvalue weighted by atomic mass is 32.2. The summed E-state index contributed by atoms with van der Waals surface area (Å²) in [6.45, 7) is 0.899. The fourth-order valence-corrected chi connectivity index (χ4v) is 4.03. The third-order valence-electron chi connectivity index (χ3n) is 4.23. The molecule has 0 atom stereocenters. The monoisotopic (exact) mass is 360 g/mol. The second kappa shape index (κ2) is 5.66. The minimum atomic E-state index is -3.77. The van der Waals surface area contributed by atoms with Gasteiger partial charge in [0.1, 0.15) is 13.2 Å². The van der Waals surface area contributed by atoms with Gasteiger partial charge < -0.3 is 14.4 Å². The Kier molecular flexibility index (Phi) is 3.57. The third kappa shape index (κ3) is 2.78. The lowest BCUT2D eigenvalue weighted by Crippen LogP contribution is -2.20. The van der Waals surface area contributed by atoms with Crippen LogP contribution >= 0.6 is 0 Å². The maximum absolute atomic E-state index is 12.7. The molecule has 2 heterocycles. The molecule has 0 fully saturated rings. The second-order valence-electron chi connectivity index (χ2n) is 5.88. The Labute approximate surface area is 145 Å². The molecule has 8 heteroatoms. The molecule has 0 bridgehead atoms. The zero-order valence-corrected chi connectivity index (χ0v) is 14.3. The van der Waals surface area contributed by atoms with Crippen LogP contribution in [0.5, 0.6) is 11.5 Å². The van der Waals surface area contributed by atoms with Gasteiger partial charge in [0.05, 0.1) is 17.0 Å². The predicted molar refractivity (Wildman–Crippen MR) is 91.8 cm³/mol. The van der Waals surface area contributed by atoms with Crippen LogP contribution in [0, 0.1) is 0 Å². The van der Waals surface area contributed by atoms with Crippen LogP contribution in [0.2, 0.25) is 0 Å². The molecule has 0 saturated carbocycles. The number of fused-ring (bicyclic) bond motifs is 2. The van der Waals surface area contributed by atoms with E-state index in [9.17, 15) is 13.2 Å². The van der Waals surface area contributed by atoms with Crippen LogP contribution in [-0.2, 0) is 21.2 Å². The van der Waals surface area contributed by atoms with Crippen molar-refractivity contribution in [2.45, 2.75) is 11.3 Å². The first-order valence-corrected chi connectivity index (χ1v) is 9.24. The number of nitrogens with one attached hydrogen (secondary N) is 1. The molecular formula is C17H16N2O5S. The van der Waals surface area contributed by atoms with E-state index in [1.54, 1.807) is 31.3 Å². The smallest absolute Gasteiger partial charge is 0.261 e. The summed E-state index contributed by atoms with van der Waals surface area (Å²) >= 11 is 0. The molecule has 1 amide bonds. The summed E-state index contributed by atoms with van der Waals surface area (Å²) in [6, 6.07) is 9.57. The lowest BCUT2D eigenvalue weighted by molar-refractivity contribution is -0.117. The van der Waals surface area contributed by atoms with Crippen LogP contribution in [-0.4, -0.2) is 34.6 Å². The maximum Gasteiger partial charge on any atom is 0.261 e. The largest absolute Gasteiger partial charge is 0.486 e. The normalized spacial score (nSPS) is 15.9. The van der Waals surface area contributed by atoms with Gasteiger partial charge in [-0.25, -0.2) is 8.42 Å². The van der Waals surface area contributed by atoms with Crippen molar-refractivity contribution in [2.24, 2.45) is 0 Å². The van der Waals surface area contributed by atoms with Crippen molar-refractivity contribution < 1.29 is 22.7 Å². The highest BCUT2D eigenvalue weighted by Crippen LogP contribution is 2.34. The Balaban J connectivity index is 1.62. The topological polar surface area (TPSA) is 84.9 Å². The van der Waals surface area contributed by atoms with E-state index in [-0.39, 0.29) is 17.2 Å². The average molecular weight is 360 g/mol. The summed E-state index contributed by atoms with van der Waals surface area (Å²) in [5.41, 5.74) is 1.83. The van der Waals surface area contributed by atoms with Gasteiger partial charge in [-0.05, 0) is 35.9 Å². The van der Waals surface area contributed by atoms with Crippen LogP contribution in [0.15, 0.2) is 41.3 Å². The Bertz CT molecular complexity index is 971. The van der Waals surface area contributed by atoms with Crippen molar-refractivity contribution >= 4 is 27.3 Å². The van der Waals surface area contributed by atoms with Gasteiger partial charge in [-0.2, -0.15) is 0 Å². The maximum atomic E-state index is 12.7. The number of rotatable bonds is 3. The standard InChI is InChI=1S/C17H16N2O5S/c1-19-14-4-3-13(8-11(14)9-17(19)20)25(21,22)18-12-2-5-15-16(10-12)24-7-6-23-15/h2-5,8,10,18H,6-7,9H2,1H3. The number of nitrogens with zero attached hydrogens (tertiary/aromatic N) is 1. The molecule has 0 saturated heterocycles. The van der Waals surface area contributed by atoms with Crippen LogP contribution < -0.4 is 19.1 Å². The molecule has 4 rings (SSSR count). The number of carbonyl (C=O) groups excluding carboxylic acids is 1. The summed E-state index contributed by atoms with van der Waals surface area (Å²) in [6.07, 6.45) is 0.208. The molecule has 0 spiro atoms. The van der Waals surface area contributed by atoms with E-state index in [0.717, 1.165) is 5.69 Å². The number of amides is 1.